The van der Waals surface area contributed by atoms with E-state index >= 15 is 0 Å². The Bertz CT molecular complexity index is 784. The molecule has 0 aromatic rings. The summed E-state index contributed by atoms with van der Waals surface area (Å²) in [4.78, 5) is 23.2. The van der Waals surface area contributed by atoms with Crippen LogP contribution in [0.2, 0.25) is 0 Å². The van der Waals surface area contributed by atoms with Crippen LogP contribution in [-0.2, 0) is 28.5 Å². The molecule has 3 saturated heterocycles. The summed E-state index contributed by atoms with van der Waals surface area (Å²) in [6.07, 6.45) is 12.9. The van der Waals surface area contributed by atoms with Crippen LogP contribution >= 0.6 is 0 Å². The predicted molar refractivity (Wildman–Crippen MR) is 126 cm³/mol. The van der Waals surface area contributed by atoms with Crippen molar-refractivity contribution in [3.63, 3.8) is 0 Å². The zero-order valence-corrected chi connectivity index (χ0v) is 20.5. The van der Waals surface area contributed by atoms with Gasteiger partial charge in [0.2, 0.25) is 5.91 Å². The second kappa shape index (κ2) is 11.4. The SMILES string of the molecule is CC(=O)O[C@@H](C)/C=C\C(=O)N[C@@H]1C[C@H](C)[C@H](C/C=C(C)/C=C/[C@@H]2C[C@@]3(CCO2)CO3)O[C@@H]1C. The molecule has 184 valence electrons. The lowest BCUT2D eigenvalue weighted by molar-refractivity contribution is -0.143. The molecule has 7 heteroatoms. The molecule has 3 fully saturated rings. The molecule has 0 aromatic carbocycles. The fourth-order valence-corrected chi connectivity index (χ4v) is 4.51. The van der Waals surface area contributed by atoms with Crippen LogP contribution in [0.15, 0.2) is 36.0 Å². The average Bonchev–Trinajstić information content (AvgIpc) is 3.49. The first-order valence-electron chi connectivity index (χ1n) is 12.1. The lowest BCUT2D eigenvalue weighted by atomic mass is 9.88. The number of amides is 1. The molecule has 33 heavy (non-hydrogen) atoms. The number of carbonyl (C=O) groups is 2. The van der Waals surface area contributed by atoms with Gasteiger partial charge in [-0.25, -0.2) is 0 Å². The first kappa shape index (κ1) is 25.7. The molecule has 3 aliphatic rings. The largest absolute Gasteiger partial charge is 0.459 e. The van der Waals surface area contributed by atoms with Crippen molar-refractivity contribution in [3.05, 3.63) is 36.0 Å². The Morgan fingerprint density at radius 3 is 2.70 bits per heavy atom. The summed E-state index contributed by atoms with van der Waals surface area (Å²) in [5.74, 6) is -0.258. The van der Waals surface area contributed by atoms with Crippen molar-refractivity contribution in [2.45, 2.75) is 96.4 Å². The van der Waals surface area contributed by atoms with Crippen molar-refractivity contribution in [3.8, 4) is 0 Å². The Kier molecular flexibility index (Phi) is 8.90. The third-order valence-electron chi connectivity index (χ3n) is 6.68. The van der Waals surface area contributed by atoms with E-state index in [1.54, 1.807) is 13.0 Å². The predicted octanol–water partition coefficient (Wildman–Crippen LogP) is 3.63. The molecule has 0 aromatic heterocycles. The van der Waals surface area contributed by atoms with E-state index in [9.17, 15) is 9.59 Å². The van der Waals surface area contributed by atoms with Crippen LogP contribution in [0.5, 0.6) is 0 Å². The molecule has 7 atom stereocenters. The summed E-state index contributed by atoms with van der Waals surface area (Å²) in [7, 11) is 0. The molecule has 1 amide bonds. The Balaban J connectivity index is 1.43. The number of esters is 1. The normalized spacial score (nSPS) is 35.7. The molecule has 0 radical (unpaired) electrons. The number of hydrogen-bond donors (Lipinski definition) is 1. The van der Waals surface area contributed by atoms with Crippen LogP contribution in [0, 0.1) is 5.92 Å². The molecule has 3 heterocycles. The van der Waals surface area contributed by atoms with E-state index in [0.29, 0.717) is 5.92 Å². The number of carbonyl (C=O) groups excluding carboxylic acids is 2. The van der Waals surface area contributed by atoms with Crippen molar-refractivity contribution in [2.75, 3.05) is 13.2 Å². The van der Waals surface area contributed by atoms with Crippen molar-refractivity contribution >= 4 is 11.9 Å². The highest BCUT2D eigenvalue weighted by atomic mass is 16.6. The minimum absolute atomic E-state index is 0.0529. The Hall–Kier alpha value is -1.96. The van der Waals surface area contributed by atoms with Gasteiger partial charge in [0.15, 0.2) is 0 Å². The second-order valence-corrected chi connectivity index (χ2v) is 9.76. The second-order valence-electron chi connectivity index (χ2n) is 9.76. The van der Waals surface area contributed by atoms with Crippen LogP contribution in [0.4, 0.5) is 0 Å². The van der Waals surface area contributed by atoms with Gasteiger partial charge in [-0.15, -0.1) is 0 Å². The third-order valence-corrected chi connectivity index (χ3v) is 6.68. The van der Waals surface area contributed by atoms with E-state index in [1.807, 2.05) is 6.92 Å². The topological polar surface area (TPSA) is 86.4 Å². The van der Waals surface area contributed by atoms with Crippen LogP contribution in [0.25, 0.3) is 0 Å². The van der Waals surface area contributed by atoms with Gasteiger partial charge in [-0.2, -0.15) is 0 Å². The maximum atomic E-state index is 12.3. The summed E-state index contributed by atoms with van der Waals surface area (Å²) < 4.78 is 22.7. The van der Waals surface area contributed by atoms with Gasteiger partial charge in [-0.3, -0.25) is 9.59 Å². The number of hydrogen-bond acceptors (Lipinski definition) is 6. The zero-order valence-electron chi connectivity index (χ0n) is 20.5. The van der Waals surface area contributed by atoms with Gasteiger partial charge in [-0.1, -0.05) is 30.7 Å². The molecule has 3 rings (SSSR count). The number of rotatable bonds is 8. The standard InChI is InChI=1S/C26H39NO6/c1-17(6-9-22-15-26(16-31-26)12-13-30-22)7-10-24-18(2)14-23(20(4)33-24)27-25(29)11-8-19(3)32-21(5)28/h6-9,11,18-20,22-24H,10,12-16H2,1-5H3,(H,27,29)/b9-6+,11-8-,17-7+/t18-,19-,20+,22+,23+,24-,26-/m0/s1. The Labute approximate surface area is 197 Å². The monoisotopic (exact) mass is 461 g/mol. The highest BCUT2D eigenvalue weighted by molar-refractivity contribution is 5.87. The summed E-state index contributed by atoms with van der Waals surface area (Å²) in [5.41, 5.74) is 1.29. The van der Waals surface area contributed by atoms with Crippen molar-refractivity contribution < 1.29 is 28.5 Å². The van der Waals surface area contributed by atoms with Gasteiger partial charge in [0.1, 0.15) is 6.10 Å². The van der Waals surface area contributed by atoms with Crippen LogP contribution in [0.3, 0.4) is 0 Å². The van der Waals surface area contributed by atoms with Crippen LogP contribution in [-0.4, -0.2) is 61.1 Å². The number of ether oxygens (including phenoxy) is 4. The van der Waals surface area contributed by atoms with Crippen molar-refractivity contribution in [1.29, 1.82) is 0 Å². The molecular formula is C26H39NO6. The molecule has 0 unspecified atom stereocenters. The first-order chi connectivity index (χ1) is 15.7. The third kappa shape index (κ3) is 8.09. The highest BCUT2D eigenvalue weighted by Crippen LogP contribution is 2.39. The molecular weight excluding hydrogens is 422 g/mol. The molecule has 0 saturated carbocycles. The smallest absolute Gasteiger partial charge is 0.303 e. The van der Waals surface area contributed by atoms with E-state index in [-0.39, 0.29) is 41.8 Å². The minimum atomic E-state index is -0.437. The molecule has 0 bridgehead atoms. The van der Waals surface area contributed by atoms with E-state index in [2.05, 4.69) is 37.4 Å². The zero-order chi connectivity index (χ0) is 24.0. The van der Waals surface area contributed by atoms with E-state index in [1.165, 1.54) is 18.6 Å². The lowest BCUT2D eigenvalue weighted by Crippen LogP contribution is -2.50. The quantitative estimate of drug-likeness (QED) is 0.257. The van der Waals surface area contributed by atoms with Gasteiger partial charge in [0.25, 0.3) is 0 Å². The molecule has 7 nitrogen and oxygen atoms in total. The van der Waals surface area contributed by atoms with Crippen LogP contribution < -0.4 is 5.32 Å². The van der Waals surface area contributed by atoms with Crippen molar-refractivity contribution in [2.24, 2.45) is 5.92 Å². The number of nitrogens with one attached hydrogen (secondary N) is 1. The maximum Gasteiger partial charge on any atom is 0.303 e. The average molecular weight is 462 g/mol. The summed E-state index contributed by atoms with van der Waals surface area (Å²) in [6, 6.07) is -0.0529. The van der Waals surface area contributed by atoms with E-state index in [4.69, 9.17) is 18.9 Å². The molecule has 0 aliphatic carbocycles. The van der Waals surface area contributed by atoms with E-state index in [0.717, 1.165) is 38.9 Å². The van der Waals surface area contributed by atoms with Crippen molar-refractivity contribution in [1.82, 2.24) is 5.32 Å². The van der Waals surface area contributed by atoms with Gasteiger partial charge < -0.3 is 24.3 Å². The maximum absolute atomic E-state index is 12.3. The van der Waals surface area contributed by atoms with Gasteiger partial charge in [0, 0.05) is 25.8 Å². The molecule has 1 spiro atoms. The fraction of sp³-hybridized carbons (Fsp3) is 0.692. The number of allylic oxidation sites excluding steroid dienone is 2. The summed E-state index contributed by atoms with van der Waals surface area (Å²) in [6.45, 7) is 11.0. The minimum Gasteiger partial charge on any atom is -0.459 e. The molecule has 3 aliphatic heterocycles. The Morgan fingerprint density at radius 1 is 1.24 bits per heavy atom. The van der Waals surface area contributed by atoms with E-state index < -0.39 is 6.10 Å². The fourth-order valence-electron chi connectivity index (χ4n) is 4.51. The summed E-state index contributed by atoms with van der Waals surface area (Å²) in [5, 5.41) is 3.02. The molecule has 1 N–H and O–H groups in total. The highest BCUT2D eigenvalue weighted by Gasteiger charge is 2.48. The van der Waals surface area contributed by atoms with Gasteiger partial charge in [-0.05, 0) is 45.6 Å². The van der Waals surface area contributed by atoms with Gasteiger partial charge in [0.05, 0.1) is 43.2 Å². The lowest BCUT2D eigenvalue weighted by Gasteiger charge is -2.39. The Morgan fingerprint density at radius 2 is 2.00 bits per heavy atom. The first-order valence-corrected chi connectivity index (χ1v) is 12.1. The van der Waals surface area contributed by atoms with Gasteiger partial charge >= 0.3 is 5.97 Å². The summed E-state index contributed by atoms with van der Waals surface area (Å²) >= 11 is 0. The van der Waals surface area contributed by atoms with Crippen LogP contribution in [0.1, 0.15) is 60.3 Å². The number of epoxide rings is 1.